The molecule has 2 aromatic rings. The summed E-state index contributed by atoms with van der Waals surface area (Å²) in [4.78, 5) is 33.0. The van der Waals surface area contributed by atoms with Gasteiger partial charge in [-0.15, -0.1) is 0 Å². The first-order chi connectivity index (χ1) is 13.4. The summed E-state index contributed by atoms with van der Waals surface area (Å²) in [6.45, 7) is 7.34. The zero-order chi connectivity index (χ0) is 20.5. The molecule has 0 saturated carbocycles. The molecule has 1 aromatic carbocycles. The van der Waals surface area contributed by atoms with Crippen LogP contribution in [-0.2, 0) is 0 Å². The second-order valence-corrected chi connectivity index (χ2v) is 6.69. The van der Waals surface area contributed by atoms with Crippen LogP contribution in [0.2, 0.25) is 0 Å². The smallest absolute Gasteiger partial charge is 0.257 e. The highest BCUT2D eigenvalue weighted by Gasteiger charge is 2.12. The highest BCUT2D eigenvalue weighted by atomic mass is 16.2. The third-order valence-electron chi connectivity index (χ3n) is 4.36. The van der Waals surface area contributed by atoms with E-state index in [2.05, 4.69) is 34.4 Å². The van der Waals surface area contributed by atoms with Crippen LogP contribution >= 0.6 is 0 Å². The van der Waals surface area contributed by atoms with E-state index in [0.717, 1.165) is 25.3 Å². The van der Waals surface area contributed by atoms with Gasteiger partial charge in [-0.25, -0.2) is 0 Å². The number of aromatic nitrogens is 1. The van der Waals surface area contributed by atoms with Crippen molar-refractivity contribution in [2.75, 3.05) is 50.5 Å². The van der Waals surface area contributed by atoms with Crippen LogP contribution in [-0.4, -0.2) is 62.0 Å². The number of nitrogens with zero attached hydrogens (tertiary/aromatic N) is 3. The van der Waals surface area contributed by atoms with E-state index in [1.54, 1.807) is 6.07 Å². The molecule has 0 aliphatic carbocycles. The lowest BCUT2D eigenvalue weighted by molar-refractivity contribution is 0.0950. The molecule has 0 radical (unpaired) electrons. The van der Waals surface area contributed by atoms with Crippen LogP contribution in [0.3, 0.4) is 0 Å². The first-order valence-corrected chi connectivity index (χ1v) is 9.49. The van der Waals surface area contributed by atoms with Crippen LogP contribution < -0.4 is 15.5 Å². The van der Waals surface area contributed by atoms with Crippen molar-refractivity contribution in [3.8, 4) is 0 Å². The van der Waals surface area contributed by atoms with E-state index >= 15 is 0 Å². The standard InChI is InChI=1S/C21H29N5O2/c1-5-26(6-2)19-9-7-18(8-10-19)24-21(28)17-13-16(14-22-15-17)20(27)23-11-12-25(3)4/h7-10,13-15H,5-6,11-12H2,1-4H3,(H,23,27)(H,24,28). The van der Waals surface area contributed by atoms with Crippen LogP contribution in [0.1, 0.15) is 34.6 Å². The second-order valence-electron chi connectivity index (χ2n) is 6.69. The molecule has 1 aromatic heterocycles. The van der Waals surface area contributed by atoms with E-state index in [0.29, 0.717) is 23.4 Å². The third kappa shape index (κ3) is 6.06. The van der Waals surface area contributed by atoms with Crippen molar-refractivity contribution in [1.82, 2.24) is 15.2 Å². The Hall–Kier alpha value is -2.93. The van der Waals surface area contributed by atoms with E-state index in [4.69, 9.17) is 0 Å². The zero-order valence-corrected chi connectivity index (χ0v) is 17.0. The average Bonchev–Trinajstić information content (AvgIpc) is 2.70. The highest BCUT2D eigenvalue weighted by Crippen LogP contribution is 2.18. The molecule has 0 saturated heterocycles. The number of likely N-dealkylation sites (N-methyl/N-ethyl adjacent to an activating group) is 1. The molecule has 2 N–H and O–H groups in total. The van der Waals surface area contributed by atoms with Crippen LogP contribution in [0, 0.1) is 0 Å². The quantitative estimate of drug-likeness (QED) is 0.696. The van der Waals surface area contributed by atoms with Crippen molar-refractivity contribution < 1.29 is 9.59 Å². The van der Waals surface area contributed by atoms with Crippen molar-refractivity contribution in [3.05, 3.63) is 53.9 Å². The van der Waals surface area contributed by atoms with E-state index in [1.165, 1.54) is 12.4 Å². The van der Waals surface area contributed by atoms with Gasteiger partial charge < -0.3 is 20.4 Å². The van der Waals surface area contributed by atoms with Gasteiger partial charge in [-0.05, 0) is 58.3 Å². The van der Waals surface area contributed by atoms with Crippen LogP contribution in [0.5, 0.6) is 0 Å². The summed E-state index contributed by atoms with van der Waals surface area (Å²) in [7, 11) is 3.88. The Morgan fingerprint density at radius 3 is 2.14 bits per heavy atom. The summed E-state index contributed by atoms with van der Waals surface area (Å²) in [5.74, 6) is -0.543. The Balaban J connectivity index is 2.01. The maximum absolute atomic E-state index is 12.5. The molecule has 150 valence electrons. The molecule has 0 fully saturated rings. The highest BCUT2D eigenvalue weighted by molar-refractivity contribution is 6.05. The Labute approximate surface area is 166 Å². The molecule has 0 unspecified atom stereocenters. The minimum absolute atomic E-state index is 0.243. The Morgan fingerprint density at radius 1 is 0.964 bits per heavy atom. The first-order valence-electron chi connectivity index (χ1n) is 9.49. The monoisotopic (exact) mass is 383 g/mol. The minimum Gasteiger partial charge on any atom is -0.372 e. The van der Waals surface area contributed by atoms with Crippen LogP contribution in [0.4, 0.5) is 11.4 Å². The van der Waals surface area contributed by atoms with Gasteiger partial charge in [0.25, 0.3) is 11.8 Å². The van der Waals surface area contributed by atoms with Crippen LogP contribution in [0.15, 0.2) is 42.7 Å². The molecule has 0 aliphatic rings. The summed E-state index contributed by atoms with van der Waals surface area (Å²) in [6, 6.07) is 9.26. The molecule has 0 aliphatic heterocycles. The first kappa shape index (κ1) is 21.4. The topological polar surface area (TPSA) is 77.6 Å². The molecular formula is C21H29N5O2. The molecule has 0 bridgehead atoms. The van der Waals surface area contributed by atoms with Crippen LogP contribution in [0.25, 0.3) is 0 Å². The number of carbonyl (C=O) groups excluding carboxylic acids is 2. The van der Waals surface area contributed by atoms with Gasteiger partial charge in [0.05, 0.1) is 11.1 Å². The molecular weight excluding hydrogens is 354 g/mol. The maximum Gasteiger partial charge on any atom is 0.257 e. The fourth-order valence-electron chi connectivity index (χ4n) is 2.73. The number of hydrogen-bond donors (Lipinski definition) is 2. The molecule has 0 spiro atoms. The summed E-state index contributed by atoms with van der Waals surface area (Å²) >= 11 is 0. The lowest BCUT2D eigenvalue weighted by Crippen LogP contribution is -2.31. The van der Waals surface area contributed by atoms with Gasteiger partial charge in [0.1, 0.15) is 0 Å². The fourth-order valence-corrected chi connectivity index (χ4v) is 2.73. The van der Waals surface area contributed by atoms with Crippen molar-refractivity contribution in [2.45, 2.75) is 13.8 Å². The summed E-state index contributed by atoms with van der Waals surface area (Å²) in [6.07, 6.45) is 2.91. The number of benzene rings is 1. The Bertz CT molecular complexity index is 786. The van der Waals surface area contributed by atoms with Crippen molar-refractivity contribution in [1.29, 1.82) is 0 Å². The van der Waals surface area contributed by atoms with Crippen molar-refractivity contribution in [3.63, 3.8) is 0 Å². The SMILES string of the molecule is CCN(CC)c1ccc(NC(=O)c2cncc(C(=O)NCCN(C)C)c2)cc1. The summed E-state index contributed by atoms with van der Waals surface area (Å²) in [5.41, 5.74) is 2.51. The molecule has 0 atom stereocenters. The van der Waals surface area contributed by atoms with E-state index < -0.39 is 0 Å². The van der Waals surface area contributed by atoms with Crippen molar-refractivity contribution in [2.24, 2.45) is 0 Å². The molecule has 7 nitrogen and oxygen atoms in total. The number of pyridine rings is 1. The van der Waals surface area contributed by atoms with E-state index in [1.807, 2.05) is 43.3 Å². The molecule has 2 rings (SSSR count). The number of nitrogens with one attached hydrogen (secondary N) is 2. The number of rotatable bonds is 9. The molecule has 2 amide bonds. The largest absolute Gasteiger partial charge is 0.372 e. The van der Waals surface area contributed by atoms with Gasteiger partial charge in [-0.1, -0.05) is 0 Å². The minimum atomic E-state index is -0.300. The lowest BCUT2D eigenvalue weighted by Gasteiger charge is -2.21. The van der Waals surface area contributed by atoms with Gasteiger partial charge in [0.2, 0.25) is 0 Å². The molecule has 7 heteroatoms. The number of amides is 2. The number of carbonyl (C=O) groups is 2. The van der Waals surface area contributed by atoms with Gasteiger partial charge in [0.15, 0.2) is 0 Å². The van der Waals surface area contributed by atoms with E-state index in [-0.39, 0.29) is 11.8 Å². The average molecular weight is 383 g/mol. The Morgan fingerprint density at radius 2 is 1.57 bits per heavy atom. The number of anilines is 2. The zero-order valence-electron chi connectivity index (χ0n) is 17.0. The molecule has 1 heterocycles. The van der Waals surface area contributed by atoms with Gasteiger partial charge in [-0.3, -0.25) is 14.6 Å². The van der Waals surface area contributed by atoms with Gasteiger partial charge in [-0.2, -0.15) is 0 Å². The third-order valence-corrected chi connectivity index (χ3v) is 4.36. The van der Waals surface area contributed by atoms with Gasteiger partial charge in [0, 0.05) is 49.9 Å². The van der Waals surface area contributed by atoms with E-state index in [9.17, 15) is 9.59 Å². The van der Waals surface area contributed by atoms with Gasteiger partial charge >= 0.3 is 0 Å². The summed E-state index contributed by atoms with van der Waals surface area (Å²) in [5, 5.41) is 5.67. The fraction of sp³-hybridized carbons (Fsp3) is 0.381. The Kier molecular flexibility index (Phi) is 7.95. The lowest BCUT2D eigenvalue weighted by atomic mass is 10.1. The predicted octanol–water partition coefficient (Wildman–Crippen LogP) is 2.47. The maximum atomic E-state index is 12.5. The normalized spacial score (nSPS) is 10.6. The predicted molar refractivity (Wildman–Crippen MR) is 113 cm³/mol. The summed E-state index contributed by atoms with van der Waals surface area (Å²) < 4.78 is 0. The van der Waals surface area contributed by atoms with Crippen molar-refractivity contribution >= 4 is 23.2 Å². The molecule has 28 heavy (non-hydrogen) atoms. The second kappa shape index (κ2) is 10.4. The number of hydrogen-bond acceptors (Lipinski definition) is 5.